The van der Waals surface area contributed by atoms with E-state index in [0.717, 1.165) is 11.3 Å². The van der Waals surface area contributed by atoms with Gasteiger partial charge in [-0.25, -0.2) is 0 Å². The maximum atomic E-state index is 10.6. The SMILES string of the molecule is CC(C)c1ccccc1OCCC(N)=O. The van der Waals surface area contributed by atoms with Crippen LogP contribution in [-0.4, -0.2) is 12.5 Å². The number of rotatable bonds is 5. The molecule has 1 aromatic carbocycles. The summed E-state index contributed by atoms with van der Waals surface area (Å²) in [5.41, 5.74) is 6.19. The third-order valence-corrected chi connectivity index (χ3v) is 2.15. The summed E-state index contributed by atoms with van der Waals surface area (Å²) in [5.74, 6) is 0.917. The van der Waals surface area contributed by atoms with E-state index in [1.54, 1.807) is 0 Å². The standard InChI is InChI=1S/C12H17NO2/c1-9(2)10-5-3-4-6-11(10)15-8-7-12(13)14/h3-6,9H,7-8H2,1-2H3,(H2,13,14). The Morgan fingerprint density at radius 1 is 1.40 bits per heavy atom. The molecule has 0 saturated heterocycles. The van der Waals surface area contributed by atoms with Crippen molar-refractivity contribution in [3.8, 4) is 5.75 Å². The minimum atomic E-state index is -0.336. The summed E-state index contributed by atoms with van der Waals surface area (Å²) in [5, 5.41) is 0. The molecule has 82 valence electrons. The number of ether oxygens (including phenoxy) is 1. The number of nitrogens with two attached hydrogens (primary N) is 1. The predicted molar refractivity (Wildman–Crippen MR) is 59.8 cm³/mol. The molecular weight excluding hydrogens is 190 g/mol. The van der Waals surface area contributed by atoms with Crippen LogP contribution in [0.25, 0.3) is 0 Å². The normalized spacial score (nSPS) is 10.3. The molecule has 0 heterocycles. The van der Waals surface area contributed by atoms with Crippen LogP contribution in [0.2, 0.25) is 0 Å². The van der Waals surface area contributed by atoms with Gasteiger partial charge in [0.2, 0.25) is 5.91 Å². The maximum absolute atomic E-state index is 10.6. The predicted octanol–water partition coefficient (Wildman–Crippen LogP) is 2.06. The molecule has 3 nitrogen and oxygen atoms in total. The Bertz CT molecular complexity index is 334. The first-order chi connectivity index (χ1) is 7.11. The zero-order valence-corrected chi connectivity index (χ0v) is 9.19. The monoisotopic (exact) mass is 207 g/mol. The molecule has 0 bridgehead atoms. The van der Waals surface area contributed by atoms with Crippen LogP contribution in [0.1, 0.15) is 31.7 Å². The van der Waals surface area contributed by atoms with Gasteiger partial charge in [-0.2, -0.15) is 0 Å². The number of amides is 1. The van der Waals surface area contributed by atoms with E-state index >= 15 is 0 Å². The van der Waals surface area contributed by atoms with Crippen molar-refractivity contribution in [2.45, 2.75) is 26.2 Å². The van der Waals surface area contributed by atoms with E-state index < -0.39 is 0 Å². The van der Waals surface area contributed by atoms with E-state index in [-0.39, 0.29) is 12.3 Å². The second-order valence-corrected chi connectivity index (χ2v) is 3.76. The van der Waals surface area contributed by atoms with Crippen molar-refractivity contribution in [1.82, 2.24) is 0 Å². The summed E-state index contributed by atoms with van der Waals surface area (Å²) < 4.78 is 5.51. The maximum Gasteiger partial charge on any atom is 0.220 e. The van der Waals surface area contributed by atoms with Crippen molar-refractivity contribution in [3.05, 3.63) is 29.8 Å². The summed E-state index contributed by atoms with van der Waals surface area (Å²) in [6, 6.07) is 7.85. The lowest BCUT2D eigenvalue weighted by Crippen LogP contribution is -2.15. The van der Waals surface area contributed by atoms with Crippen LogP contribution in [0.3, 0.4) is 0 Å². The minimum absolute atomic E-state index is 0.256. The first-order valence-corrected chi connectivity index (χ1v) is 5.11. The van der Waals surface area contributed by atoms with Crippen molar-refractivity contribution >= 4 is 5.91 Å². The summed E-state index contributed by atoms with van der Waals surface area (Å²) in [4.78, 5) is 10.6. The number of carbonyl (C=O) groups excluding carboxylic acids is 1. The summed E-state index contributed by atoms with van der Waals surface area (Å²) >= 11 is 0. The Morgan fingerprint density at radius 3 is 2.67 bits per heavy atom. The molecule has 3 heteroatoms. The number of para-hydroxylation sites is 1. The average molecular weight is 207 g/mol. The molecule has 0 aliphatic carbocycles. The third kappa shape index (κ3) is 3.62. The van der Waals surface area contributed by atoms with Gasteiger partial charge in [-0.05, 0) is 17.5 Å². The Balaban J connectivity index is 2.63. The van der Waals surface area contributed by atoms with Gasteiger partial charge in [0.1, 0.15) is 5.75 Å². The highest BCUT2D eigenvalue weighted by atomic mass is 16.5. The molecular formula is C12H17NO2. The van der Waals surface area contributed by atoms with Crippen LogP contribution in [0.5, 0.6) is 5.75 Å². The average Bonchev–Trinajstić information content (AvgIpc) is 2.17. The number of carbonyl (C=O) groups is 1. The summed E-state index contributed by atoms with van der Waals surface area (Å²) in [6.07, 6.45) is 0.256. The molecule has 1 amide bonds. The van der Waals surface area contributed by atoms with Gasteiger partial charge >= 0.3 is 0 Å². The molecule has 0 aromatic heterocycles. The van der Waals surface area contributed by atoms with Crippen molar-refractivity contribution in [3.63, 3.8) is 0 Å². The fraction of sp³-hybridized carbons (Fsp3) is 0.417. The number of hydrogen-bond acceptors (Lipinski definition) is 2. The molecule has 0 atom stereocenters. The first-order valence-electron chi connectivity index (χ1n) is 5.11. The summed E-state index contributed by atoms with van der Waals surface area (Å²) in [7, 11) is 0. The second-order valence-electron chi connectivity index (χ2n) is 3.76. The van der Waals surface area contributed by atoms with Gasteiger partial charge in [-0.1, -0.05) is 32.0 Å². The van der Waals surface area contributed by atoms with Crippen LogP contribution >= 0.6 is 0 Å². The molecule has 1 aromatic rings. The lowest BCUT2D eigenvalue weighted by atomic mass is 10.0. The van der Waals surface area contributed by atoms with Crippen LogP contribution in [-0.2, 0) is 4.79 Å². The zero-order chi connectivity index (χ0) is 11.3. The number of benzene rings is 1. The van der Waals surface area contributed by atoms with Gasteiger partial charge in [-0.3, -0.25) is 4.79 Å². The molecule has 0 aliphatic heterocycles. The van der Waals surface area contributed by atoms with Gasteiger partial charge < -0.3 is 10.5 Å². The molecule has 0 radical (unpaired) electrons. The molecule has 0 aliphatic rings. The molecule has 2 N–H and O–H groups in total. The zero-order valence-electron chi connectivity index (χ0n) is 9.19. The van der Waals surface area contributed by atoms with Gasteiger partial charge in [0.25, 0.3) is 0 Å². The van der Waals surface area contributed by atoms with Crippen molar-refractivity contribution < 1.29 is 9.53 Å². The Kier molecular flexibility index (Phi) is 4.16. The highest BCUT2D eigenvalue weighted by molar-refractivity contribution is 5.73. The lowest BCUT2D eigenvalue weighted by molar-refractivity contribution is -0.118. The van der Waals surface area contributed by atoms with Gasteiger partial charge in [0.15, 0.2) is 0 Å². The van der Waals surface area contributed by atoms with E-state index in [0.29, 0.717) is 12.5 Å². The van der Waals surface area contributed by atoms with Gasteiger partial charge in [-0.15, -0.1) is 0 Å². The van der Waals surface area contributed by atoms with E-state index in [4.69, 9.17) is 10.5 Å². The third-order valence-electron chi connectivity index (χ3n) is 2.15. The Morgan fingerprint density at radius 2 is 2.07 bits per heavy atom. The van der Waals surface area contributed by atoms with Crippen molar-refractivity contribution in [1.29, 1.82) is 0 Å². The van der Waals surface area contributed by atoms with Crippen LogP contribution in [0, 0.1) is 0 Å². The first kappa shape index (κ1) is 11.6. The smallest absolute Gasteiger partial charge is 0.220 e. The van der Waals surface area contributed by atoms with E-state index in [1.165, 1.54) is 0 Å². The van der Waals surface area contributed by atoms with Crippen LogP contribution in [0.4, 0.5) is 0 Å². The molecule has 0 spiro atoms. The fourth-order valence-corrected chi connectivity index (χ4v) is 1.35. The van der Waals surface area contributed by atoms with Crippen molar-refractivity contribution in [2.24, 2.45) is 5.73 Å². The van der Waals surface area contributed by atoms with E-state index in [9.17, 15) is 4.79 Å². The number of hydrogen-bond donors (Lipinski definition) is 1. The van der Waals surface area contributed by atoms with E-state index in [1.807, 2.05) is 24.3 Å². The topological polar surface area (TPSA) is 52.3 Å². The highest BCUT2D eigenvalue weighted by Gasteiger charge is 2.06. The summed E-state index contributed by atoms with van der Waals surface area (Å²) in [6.45, 7) is 4.56. The molecule has 1 rings (SSSR count). The van der Waals surface area contributed by atoms with Crippen molar-refractivity contribution in [2.75, 3.05) is 6.61 Å². The van der Waals surface area contributed by atoms with Gasteiger partial charge in [0.05, 0.1) is 13.0 Å². The van der Waals surface area contributed by atoms with Gasteiger partial charge in [0, 0.05) is 0 Å². The molecule has 0 fully saturated rings. The Labute approximate surface area is 90.2 Å². The van der Waals surface area contributed by atoms with Crippen LogP contribution < -0.4 is 10.5 Å². The van der Waals surface area contributed by atoms with E-state index in [2.05, 4.69) is 13.8 Å². The quantitative estimate of drug-likeness (QED) is 0.803. The number of primary amides is 1. The molecule has 0 saturated carbocycles. The lowest BCUT2D eigenvalue weighted by Gasteiger charge is -2.12. The highest BCUT2D eigenvalue weighted by Crippen LogP contribution is 2.25. The molecule has 15 heavy (non-hydrogen) atoms. The largest absolute Gasteiger partial charge is 0.493 e. The second kappa shape index (κ2) is 5.39. The minimum Gasteiger partial charge on any atom is -0.493 e. The fourth-order valence-electron chi connectivity index (χ4n) is 1.35. The Hall–Kier alpha value is -1.51. The van der Waals surface area contributed by atoms with Crippen LogP contribution in [0.15, 0.2) is 24.3 Å². The molecule has 0 unspecified atom stereocenters.